The normalized spacial score (nSPS) is 34.1. The van der Waals surface area contributed by atoms with Gasteiger partial charge in [-0.15, -0.1) is 0 Å². The van der Waals surface area contributed by atoms with E-state index in [4.69, 9.17) is 0 Å². The minimum atomic E-state index is -3.01. The van der Waals surface area contributed by atoms with Crippen molar-refractivity contribution in [1.29, 1.82) is 0 Å². The summed E-state index contributed by atoms with van der Waals surface area (Å²) in [4.78, 5) is 0. The van der Waals surface area contributed by atoms with E-state index in [0.717, 1.165) is 0 Å². The highest BCUT2D eigenvalue weighted by molar-refractivity contribution is 7.91. The molecule has 9 heavy (non-hydrogen) atoms. The maximum Gasteiger partial charge on any atom is 0.153 e. The van der Waals surface area contributed by atoms with Crippen LogP contribution >= 0.6 is 0 Å². The Labute approximate surface area is 54.0 Å². The molecule has 0 bridgehead atoms. The molecule has 0 spiro atoms. The number of rotatable bonds is 0. The van der Waals surface area contributed by atoms with Gasteiger partial charge in [0.05, 0.1) is 11.5 Å². The van der Waals surface area contributed by atoms with Crippen molar-refractivity contribution >= 4 is 9.84 Å². The SMILES string of the molecule is O=S1(=O)CCCC(F)C1. The van der Waals surface area contributed by atoms with Gasteiger partial charge in [-0.1, -0.05) is 0 Å². The summed E-state index contributed by atoms with van der Waals surface area (Å²) >= 11 is 0. The number of halogens is 1. The molecule has 1 unspecified atom stereocenters. The third-order valence-electron chi connectivity index (χ3n) is 1.41. The minimum Gasteiger partial charge on any atom is -0.246 e. The minimum absolute atomic E-state index is 0.174. The van der Waals surface area contributed by atoms with E-state index in [9.17, 15) is 12.8 Å². The summed E-state index contributed by atoms with van der Waals surface area (Å²) in [6.45, 7) is 0. The van der Waals surface area contributed by atoms with E-state index in [1.807, 2.05) is 0 Å². The Morgan fingerprint density at radius 2 is 2.11 bits per heavy atom. The third kappa shape index (κ3) is 1.93. The first-order valence-corrected chi connectivity index (χ1v) is 4.77. The Kier molecular flexibility index (Phi) is 1.75. The topological polar surface area (TPSA) is 34.1 Å². The molecule has 0 aromatic heterocycles. The average molecular weight is 152 g/mol. The molecule has 0 aliphatic carbocycles. The lowest BCUT2D eigenvalue weighted by molar-refractivity contribution is 0.331. The summed E-state index contributed by atoms with van der Waals surface area (Å²) in [6, 6.07) is 0. The Morgan fingerprint density at radius 1 is 1.44 bits per heavy atom. The lowest BCUT2D eigenvalue weighted by Crippen LogP contribution is -2.25. The molecular formula is C5H9FO2S. The van der Waals surface area contributed by atoms with E-state index in [-0.39, 0.29) is 11.5 Å². The van der Waals surface area contributed by atoms with Gasteiger partial charge >= 0.3 is 0 Å². The Bertz CT molecular complexity index is 185. The van der Waals surface area contributed by atoms with Gasteiger partial charge in [0.2, 0.25) is 0 Å². The molecule has 1 aliphatic heterocycles. The quantitative estimate of drug-likeness (QED) is 0.507. The molecule has 0 N–H and O–H groups in total. The van der Waals surface area contributed by atoms with Crippen molar-refractivity contribution in [2.45, 2.75) is 19.0 Å². The smallest absolute Gasteiger partial charge is 0.153 e. The standard InChI is InChI=1S/C5H9FO2S/c6-5-2-1-3-9(7,8)4-5/h5H,1-4H2. The lowest BCUT2D eigenvalue weighted by atomic mass is 10.2. The monoisotopic (exact) mass is 152 g/mol. The number of hydrogen-bond donors (Lipinski definition) is 0. The molecule has 2 nitrogen and oxygen atoms in total. The van der Waals surface area contributed by atoms with Gasteiger partial charge in [0.15, 0.2) is 9.84 Å². The summed E-state index contributed by atoms with van der Waals surface area (Å²) in [5, 5.41) is 0. The second-order valence-corrected chi connectivity index (χ2v) is 4.58. The molecule has 0 radical (unpaired) electrons. The van der Waals surface area contributed by atoms with Crippen molar-refractivity contribution in [3.63, 3.8) is 0 Å². The van der Waals surface area contributed by atoms with Crippen LogP contribution in [0.15, 0.2) is 0 Å². The summed E-state index contributed by atoms with van der Waals surface area (Å²) in [5.74, 6) is -0.0829. The average Bonchev–Trinajstić information content (AvgIpc) is 1.60. The van der Waals surface area contributed by atoms with E-state index < -0.39 is 16.0 Å². The van der Waals surface area contributed by atoms with E-state index >= 15 is 0 Å². The van der Waals surface area contributed by atoms with Crippen molar-refractivity contribution in [1.82, 2.24) is 0 Å². The second kappa shape index (κ2) is 2.25. The van der Waals surface area contributed by atoms with Crippen LogP contribution in [0.3, 0.4) is 0 Å². The van der Waals surface area contributed by atoms with Crippen LogP contribution in [-0.4, -0.2) is 26.1 Å². The highest BCUT2D eigenvalue weighted by Gasteiger charge is 2.23. The Balaban J connectivity index is 2.62. The zero-order valence-corrected chi connectivity index (χ0v) is 5.82. The molecule has 0 amide bonds. The summed E-state index contributed by atoms with van der Waals surface area (Å²) < 4.78 is 33.5. The van der Waals surface area contributed by atoms with Crippen LogP contribution in [0.5, 0.6) is 0 Å². The van der Waals surface area contributed by atoms with Crippen LogP contribution in [0.1, 0.15) is 12.8 Å². The van der Waals surface area contributed by atoms with Crippen LogP contribution in [0.25, 0.3) is 0 Å². The molecule has 0 aromatic rings. The summed E-state index contributed by atoms with van der Waals surface area (Å²) in [5.41, 5.74) is 0. The summed E-state index contributed by atoms with van der Waals surface area (Å²) in [7, 11) is -3.01. The van der Waals surface area contributed by atoms with Crippen molar-refractivity contribution in [2.24, 2.45) is 0 Å². The lowest BCUT2D eigenvalue weighted by Gasteiger charge is -2.13. The number of sulfone groups is 1. The molecule has 4 heteroatoms. The summed E-state index contributed by atoms with van der Waals surface area (Å²) in [6.07, 6.45) is -0.202. The highest BCUT2D eigenvalue weighted by atomic mass is 32.2. The van der Waals surface area contributed by atoms with Crippen molar-refractivity contribution in [3.05, 3.63) is 0 Å². The molecular weight excluding hydrogens is 143 g/mol. The molecule has 1 atom stereocenters. The Morgan fingerprint density at radius 3 is 2.44 bits per heavy atom. The fourth-order valence-electron chi connectivity index (χ4n) is 0.967. The first-order chi connectivity index (χ1) is 4.10. The second-order valence-electron chi connectivity index (χ2n) is 2.35. The highest BCUT2D eigenvalue weighted by Crippen LogP contribution is 2.13. The largest absolute Gasteiger partial charge is 0.246 e. The van der Waals surface area contributed by atoms with Gasteiger partial charge in [0, 0.05) is 0 Å². The van der Waals surface area contributed by atoms with Crippen LogP contribution in [0.2, 0.25) is 0 Å². The predicted molar refractivity (Wildman–Crippen MR) is 32.8 cm³/mol. The van der Waals surface area contributed by atoms with Gasteiger partial charge in [-0.05, 0) is 12.8 Å². The predicted octanol–water partition coefficient (Wildman–Crippen LogP) is 0.533. The van der Waals surface area contributed by atoms with Crippen LogP contribution in [0.4, 0.5) is 4.39 Å². The molecule has 0 saturated carbocycles. The fraction of sp³-hybridized carbons (Fsp3) is 1.00. The van der Waals surface area contributed by atoms with E-state index in [1.165, 1.54) is 0 Å². The maximum absolute atomic E-state index is 12.3. The van der Waals surface area contributed by atoms with Gasteiger partial charge in [-0.25, -0.2) is 12.8 Å². The van der Waals surface area contributed by atoms with Gasteiger partial charge < -0.3 is 0 Å². The molecule has 1 aliphatic rings. The van der Waals surface area contributed by atoms with Crippen LogP contribution in [-0.2, 0) is 9.84 Å². The van der Waals surface area contributed by atoms with Crippen LogP contribution in [0, 0.1) is 0 Å². The third-order valence-corrected chi connectivity index (χ3v) is 3.19. The van der Waals surface area contributed by atoms with Crippen LogP contribution < -0.4 is 0 Å². The molecule has 1 heterocycles. The zero-order chi connectivity index (χ0) is 6.91. The molecule has 1 rings (SSSR count). The van der Waals surface area contributed by atoms with E-state index in [2.05, 4.69) is 0 Å². The molecule has 1 fully saturated rings. The van der Waals surface area contributed by atoms with Gasteiger partial charge in [0.1, 0.15) is 6.17 Å². The molecule has 0 aromatic carbocycles. The van der Waals surface area contributed by atoms with E-state index in [1.54, 1.807) is 0 Å². The van der Waals surface area contributed by atoms with Gasteiger partial charge in [-0.2, -0.15) is 0 Å². The van der Waals surface area contributed by atoms with Gasteiger partial charge in [0.25, 0.3) is 0 Å². The van der Waals surface area contributed by atoms with Crippen molar-refractivity contribution in [2.75, 3.05) is 11.5 Å². The first kappa shape index (κ1) is 6.99. The fourth-order valence-corrected chi connectivity index (χ4v) is 2.46. The zero-order valence-electron chi connectivity index (χ0n) is 5.01. The van der Waals surface area contributed by atoms with Gasteiger partial charge in [-0.3, -0.25) is 0 Å². The molecule has 54 valence electrons. The first-order valence-electron chi connectivity index (χ1n) is 2.95. The maximum atomic E-state index is 12.3. The molecule has 1 saturated heterocycles. The van der Waals surface area contributed by atoms with Crippen molar-refractivity contribution in [3.8, 4) is 0 Å². The number of hydrogen-bond acceptors (Lipinski definition) is 2. The van der Waals surface area contributed by atoms with Crippen molar-refractivity contribution < 1.29 is 12.8 Å². The Hall–Kier alpha value is -0.120. The van der Waals surface area contributed by atoms with E-state index in [0.29, 0.717) is 12.8 Å². The number of alkyl halides is 1.